The third kappa shape index (κ3) is 6.11. The van der Waals surface area contributed by atoms with E-state index in [-0.39, 0.29) is 11.2 Å². The van der Waals surface area contributed by atoms with Gasteiger partial charge in [-0.2, -0.15) is 0 Å². The topological polar surface area (TPSA) is 18.5 Å². The van der Waals surface area contributed by atoms with Crippen LogP contribution in [0, 0.1) is 6.92 Å². The van der Waals surface area contributed by atoms with Gasteiger partial charge in [-0.15, -0.1) is 0 Å². The van der Waals surface area contributed by atoms with E-state index in [0.717, 1.165) is 25.2 Å². The summed E-state index contributed by atoms with van der Waals surface area (Å²) < 4.78 is 11.9. The zero-order chi connectivity index (χ0) is 14.5. The molecule has 0 aliphatic heterocycles. The molecule has 1 aromatic rings. The standard InChI is InChI=1S/C17H28O2/c1-7-16(3,4)18-13-12-17(5,6)19-15-10-8-14(2)9-11-15/h8-11H,7,12-13H2,1-6H3. The Hall–Kier alpha value is -1.02. The molecule has 19 heavy (non-hydrogen) atoms. The van der Waals surface area contributed by atoms with Gasteiger partial charge in [-0.25, -0.2) is 0 Å². The van der Waals surface area contributed by atoms with Crippen LogP contribution in [-0.2, 0) is 4.74 Å². The highest BCUT2D eigenvalue weighted by molar-refractivity contribution is 5.26. The number of ether oxygens (including phenoxy) is 2. The van der Waals surface area contributed by atoms with E-state index in [9.17, 15) is 0 Å². The molecular weight excluding hydrogens is 236 g/mol. The van der Waals surface area contributed by atoms with Gasteiger partial charge in [-0.05, 0) is 53.2 Å². The van der Waals surface area contributed by atoms with E-state index in [4.69, 9.17) is 9.47 Å². The van der Waals surface area contributed by atoms with Crippen molar-refractivity contribution >= 4 is 0 Å². The van der Waals surface area contributed by atoms with Gasteiger partial charge in [0.05, 0.1) is 12.2 Å². The summed E-state index contributed by atoms with van der Waals surface area (Å²) in [5, 5.41) is 0. The molecule has 1 rings (SSSR count). The molecule has 1 aromatic carbocycles. The first-order valence-corrected chi connectivity index (χ1v) is 7.14. The van der Waals surface area contributed by atoms with Crippen molar-refractivity contribution in [3.63, 3.8) is 0 Å². The molecule has 0 bridgehead atoms. The van der Waals surface area contributed by atoms with Gasteiger partial charge in [0, 0.05) is 6.42 Å². The quantitative estimate of drug-likeness (QED) is 0.707. The summed E-state index contributed by atoms with van der Waals surface area (Å²) in [6, 6.07) is 8.19. The summed E-state index contributed by atoms with van der Waals surface area (Å²) in [6.07, 6.45) is 1.90. The third-order valence-corrected chi connectivity index (χ3v) is 3.46. The van der Waals surface area contributed by atoms with Crippen LogP contribution in [0.3, 0.4) is 0 Å². The van der Waals surface area contributed by atoms with Gasteiger partial charge in [0.25, 0.3) is 0 Å². The summed E-state index contributed by atoms with van der Waals surface area (Å²) in [7, 11) is 0. The van der Waals surface area contributed by atoms with E-state index in [2.05, 4.69) is 53.7 Å². The van der Waals surface area contributed by atoms with Gasteiger partial charge in [-0.1, -0.05) is 24.6 Å². The van der Waals surface area contributed by atoms with Gasteiger partial charge in [0.15, 0.2) is 0 Å². The Kier molecular flexibility index (Phi) is 5.42. The molecule has 0 heterocycles. The van der Waals surface area contributed by atoms with E-state index in [1.54, 1.807) is 0 Å². The molecule has 108 valence electrons. The van der Waals surface area contributed by atoms with Crippen LogP contribution in [0.5, 0.6) is 5.75 Å². The average Bonchev–Trinajstić information content (AvgIpc) is 2.31. The van der Waals surface area contributed by atoms with Crippen LogP contribution in [0.1, 0.15) is 53.0 Å². The Morgan fingerprint density at radius 2 is 1.53 bits per heavy atom. The lowest BCUT2D eigenvalue weighted by atomic mass is 10.0. The molecule has 0 saturated carbocycles. The molecule has 0 amide bonds. The number of rotatable bonds is 7. The molecule has 0 aliphatic carbocycles. The first-order chi connectivity index (χ1) is 8.74. The van der Waals surface area contributed by atoms with Crippen molar-refractivity contribution in [2.75, 3.05) is 6.61 Å². The van der Waals surface area contributed by atoms with Crippen molar-refractivity contribution in [2.24, 2.45) is 0 Å². The highest BCUT2D eigenvalue weighted by atomic mass is 16.5. The molecule has 0 N–H and O–H groups in total. The van der Waals surface area contributed by atoms with Crippen molar-refractivity contribution in [3.8, 4) is 5.75 Å². The predicted molar refractivity (Wildman–Crippen MR) is 80.8 cm³/mol. The number of hydrogen-bond donors (Lipinski definition) is 0. The first kappa shape index (κ1) is 16.0. The lowest BCUT2D eigenvalue weighted by Crippen LogP contribution is -2.32. The van der Waals surface area contributed by atoms with Crippen LogP contribution in [0.4, 0.5) is 0 Å². The fourth-order valence-corrected chi connectivity index (χ4v) is 1.65. The molecule has 2 nitrogen and oxygen atoms in total. The molecule has 0 saturated heterocycles. The predicted octanol–water partition coefficient (Wildman–Crippen LogP) is 4.75. The van der Waals surface area contributed by atoms with Crippen molar-refractivity contribution in [3.05, 3.63) is 29.8 Å². The number of hydrogen-bond acceptors (Lipinski definition) is 2. The minimum absolute atomic E-state index is 0.0417. The fraction of sp³-hybridized carbons (Fsp3) is 0.647. The summed E-state index contributed by atoms with van der Waals surface area (Å²) in [5.41, 5.74) is 0.997. The second kappa shape index (κ2) is 6.42. The average molecular weight is 264 g/mol. The van der Waals surface area contributed by atoms with Crippen LogP contribution in [0.15, 0.2) is 24.3 Å². The van der Waals surface area contributed by atoms with Crippen molar-refractivity contribution in [1.29, 1.82) is 0 Å². The van der Waals surface area contributed by atoms with Gasteiger partial charge in [0.2, 0.25) is 0 Å². The maximum atomic E-state index is 6.03. The maximum Gasteiger partial charge on any atom is 0.120 e. The fourth-order valence-electron chi connectivity index (χ4n) is 1.65. The largest absolute Gasteiger partial charge is 0.488 e. The molecule has 0 radical (unpaired) electrons. The normalized spacial score (nSPS) is 12.5. The second-order valence-corrected chi connectivity index (χ2v) is 6.39. The van der Waals surface area contributed by atoms with Crippen LogP contribution >= 0.6 is 0 Å². The van der Waals surface area contributed by atoms with Crippen LogP contribution in [0.25, 0.3) is 0 Å². The lowest BCUT2D eigenvalue weighted by Gasteiger charge is -2.29. The van der Waals surface area contributed by atoms with Gasteiger partial charge in [-0.3, -0.25) is 0 Å². The Morgan fingerprint density at radius 3 is 2.05 bits per heavy atom. The summed E-state index contributed by atoms with van der Waals surface area (Å²) in [4.78, 5) is 0. The monoisotopic (exact) mass is 264 g/mol. The van der Waals surface area contributed by atoms with Crippen molar-refractivity contribution in [2.45, 2.75) is 65.6 Å². The first-order valence-electron chi connectivity index (χ1n) is 7.14. The van der Waals surface area contributed by atoms with Gasteiger partial charge >= 0.3 is 0 Å². The smallest absolute Gasteiger partial charge is 0.120 e. The lowest BCUT2D eigenvalue weighted by molar-refractivity contribution is -0.0423. The number of aryl methyl sites for hydroxylation is 1. The van der Waals surface area contributed by atoms with Crippen molar-refractivity contribution < 1.29 is 9.47 Å². The van der Waals surface area contributed by atoms with E-state index in [1.165, 1.54) is 5.56 Å². The molecule has 0 fully saturated rings. The Morgan fingerprint density at radius 1 is 0.947 bits per heavy atom. The second-order valence-electron chi connectivity index (χ2n) is 6.39. The molecule has 2 heteroatoms. The summed E-state index contributed by atoms with van der Waals surface area (Å²) >= 11 is 0. The highest BCUT2D eigenvalue weighted by Gasteiger charge is 2.22. The van der Waals surface area contributed by atoms with Crippen molar-refractivity contribution in [1.82, 2.24) is 0 Å². The van der Waals surface area contributed by atoms with Crippen LogP contribution < -0.4 is 4.74 Å². The molecule has 0 aromatic heterocycles. The van der Waals surface area contributed by atoms with Gasteiger partial charge in [0.1, 0.15) is 11.4 Å². The molecule has 0 atom stereocenters. The van der Waals surface area contributed by atoms with E-state index in [1.807, 2.05) is 12.1 Å². The zero-order valence-corrected chi connectivity index (χ0v) is 13.2. The molecule has 0 spiro atoms. The van der Waals surface area contributed by atoms with E-state index >= 15 is 0 Å². The van der Waals surface area contributed by atoms with E-state index in [0.29, 0.717) is 0 Å². The minimum atomic E-state index is -0.209. The molecular formula is C17H28O2. The Bertz CT molecular complexity index is 377. The Balaban J connectivity index is 2.45. The van der Waals surface area contributed by atoms with Crippen LogP contribution in [-0.4, -0.2) is 17.8 Å². The summed E-state index contributed by atoms with van der Waals surface area (Å²) in [5.74, 6) is 0.922. The molecule has 0 unspecified atom stereocenters. The SMILES string of the molecule is CCC(C)(C)OCCC(C)(C)Oc1ccc(C)cc1. The van der Waals surface area contributed by atoms with Crippen LogP contribution in [0.2, 0.25) is 0 Å². The molecule has 0 aliphatic rings. The Labute approximate surface area is 118 Å². The summed E-state index contributed by atoms with van der Waals surface area (Å²) in [6.45, 7) is 13.4. The highest BCUT2D eigenvalue weighted by Crippen LogP contribution is 2.23. The van der Waals surface area contributed by atoms with E-state index < -0.39 is 0 Å². The maximum absolute atomic E-state index is 6.03. The zero-order valence-electron chi connectivity index (χ0n) is 13.2. The third-order valence-electron chi connectivity index (χ3n) is 3.46. The van der Waals surface area contributed by atoms with Gasteiger partial charge < -0.3 is 9.47 Å². The minimum Gasteiger partial charge on any atom is -0.488 e. The number of benzene rings is 1.